The molecule has 0 aromatic heterocycles. The number of allylic oxidation sites excluding steroid dienone is 2. The van der Waals surface area contributed by atoms with Gasteiger partial charge in [-0.25, -0.2) is 0 Å². The Kier molecular flexibility index (Phi) is 10.3. The van der Waals surface area contributed by atoms with Crippen molar-refractivity contribution in [1.82, 2.24) is 0 Å². The van der Waals surface area contributed by atoms with E-state index in [1.165, 1.54) is 13.8 Å². The Balaban J connectivity index is 0. The maximum Gasteiger partial charge on any atom is 0.218 e. The standard InChI is InChI=1S/C6H12O6.2C3H6O/c7-2-6(11)5(10)4(9)3(8)1-12-6;2*1-3(2)4/h3-5,7-11H,1-2H2;2*4H,1H2,2H3/p-2/t3-,4-,5+,6?;;/m1../s1. The Bertz CT molecular complexity index is 286. The molecule has 0 radical (unpaired) electrons. The van der Waals surface area contributed by atoms with Crippen LogP contribution in [0.4, 0.5) is 0 Å². The van der Waals surface area contributed by atoms with E-state index in [2.05, 4.69) is 17.9 Å². The molecular weight excluding hydrogens is 272 g/mol. The molecule has 0 amide bonds. The molecule has 0 aromatic rings. The quantitative estimate of drug-likeness (QED) is 0.312. The van der Waals surface area contributed by atoms with Crippen molar-refractivity contribution in [3.63, 3.8) is 0 Å². The minimum atomic E-state index is -2.17. The van der Waals surface area contributed by atoms with Crippen molar-refractivity contribution in [1.29, 1.82) is 0 Å². The average Bonchev–Trinajstić information content (AvgIpc) is 2.30. The van der Waals surface area contributed by atoms with Gasteiger partial charge in [0, 0.05) is 0 Å². The van der Waals surface area contributed by atoms with Gasteiger partial charge < -0.3 is 40.5 Å². The molecule has 0 saturated carbocycles. The molecule has 20 heavy (non-hydrogen) atoms. The Labute approximate surface area is 117 Å². The van der Waals surface area contributed by atoms with Gasteiger partial charge in [-0.05, 0) is 0 Å². The molecule has 0 aromatic carbocycles. The minimum absolute atomic E-state index is 0.0833. The van der Waals surface area contributed by atoms with Gasteiger partial charge >= 0.3 is 0 Å². The Morgan fingerprint density at radius 3 is 1.85 bits per heavy atom. The van der Waals surface area contributed by atoms with Crippen LogP contribution in [0.3, 0.4) is 0 Å². The van der Waals surface area contributed by atoms with Crippen molar-refractivity contribution in [3.05, 3.63) is 24.7 Å². The van der Waals surface area contributed by atoms with Crippen LogP contribution in [0.25, 0.3) is 0 Å². The second-order valence-electron chi connectivity index (χ2n) is 4.22. The molecule has 8 nitrogen and oxygen atoms in total. The van der Waals surface area contributed by atoms with Crippen LogP contribution in [0.1, 0.15) is 13.8 Å². The Morgan fingerprint density at radius 2 is 1.55 bits per heavy atom. The average molecular weight is 294 g/mol. The van der Waals surface area contributed by atoms with Crippen LogP contribution in [0.2, 0.25) is 0 Å². The lowest BCUT2D eigenvalue weighted by Crippen LogP contribution is -2.62. The summed E-state index contributed by atoms with van der Waals surface area (Å²) >= 11 is 0. The fourth-order valence-electron chi connectivity index (χ4n) is 1.03. The summed E-state index contributed by atoms with van der Waals surface area (Å²) in [7, 11) is 0. The van der Waals surface area contributed by atoms with Gasteiger partial charge in [-0.3, -0.25) is 0 Å². The number of rotatable bonds is 1. The molecule has 4 atom stereocenters. The molecular formula is C12H22O8-2. The highest BCUT2D eigenvalue weighted by atomic mass is 16.7. The second kappa shape index (κ2) is 9.70. The molecule has 1 fully saturated rings. The van der Waals surface area contributed by atoms with E-state index in [0.29, 0.717) is 0 Å². The van der Waals surface area contributed by atoms with Crippen molar-refractivity contribution >= 4 is 0 Å². The van der Waals surface area contributed by atoms with Gasteiger partial charge in [0.05, 0.1) is 13.2 Å². The first kappa shape index (κ1) is 21.1. The lowest BCUT2D eigenvalue weighted by molar-refractivity contribution is -0.331. The highest BCUT2D eigenvalue weighted by Crippen LogP contribution is 2.22. The molecule has 1 unspecified atom stereocenters. The summed E-state index contributed by atoms with van der Waals surface area (Å²) in [6.45, 7) is 7.67. The third kappa shape index (κ3) is 8.86. The van der Waals surface area contributed by atoms with E-state index in [4.69, 9.17) is 20.4 Å². The van der Waals surface area contributed by atoms with Crippen LogP contribution in [0.15, 0.2) is 24.7 Å². The minimum Gasteiger partial charge on any atom is -0.876 e. The van der Waals surface area contributed by atoms with E-state index in [0.717, 1.165) is 0 Å². The van der Waals surface area contributed by atoms with E-state index in [1.807, 2.05) is 0 Å². The molecule has 0 bridgehead atoms. The van der Waals surface area contributed by atoms with E-state index in [9.17, 15) is 15.3 Å². The van der Waals surface area contributed by atoms with Crippen LogP contribution < -0.4 is 10.2 Å². The van der Waals surface area contributed by atoms with Crippen molar-refractivity contribution in [2.45, 2.75) is 37.9 Å². The van der Waals surface area contributed by atoms with Gasteiger partial charge in [-0.2, -0.15) is 0 Å². The molecule has 1 heterocycles. The van der Waals surface area contributed by atoms with Gasteiger partial charge in [-0.1, -0.05) is 13.8 Å². The monoisotopic (exact) mass is 294 g/mol. The first-order valence-electron chi connectivity index (χ1n) is 5.64. The summed E-state index contributed by atoms with van der Waals surface area (Å²) in [6.07, 6.45) is -4.45. The van der Waals surface area contributed by atoms with E-state index in [-0.39, 0.29) is 18.1 Å². The largest absolute Gasteiger partial charge is 0.876 e. The van der Waals surface area contributed by atoms with Gasteiger partial charge in [0.2, 0.25) is 5.79 Å². The van der Waals surface area contributed by atoms with Crippen molar-refractivity contribution in [2.75, 3.05) is 13.2 Å². The van der Waals surface area contributed by atoms with Crippen molar-refractivity contribution in [3.8, 4) is 0 Å². The summed E-state index contributed by atoms with van der Waals surface area (Å²) < 4.78 is 4.56. The molecule has 1 rings (SSSR count). The molecule has 5 N–H and O–H groups in total. The molecule has 0 aliphatic carbocycles. The molecule has 1 aliphatic rings. The predicted octanol–water partition coefficient (Wildman–Crippen LogP) is -3.46. The molecule has 8 heteroatoms. The van der Waals surface area contributed by atoms with Crippen LogP contribution in [0, 0.1) is 0 Å². The summed E-state index contributed by atoms with van der Waals surface area (Å²) in [5.74, 6) is -2.33. The summed E-state index contributed by atoms with van der Waals surface area (Å²) in [5.41, 5.74) is 0. The predicted molar refractivity (Wildman–Crippen MR) is 65.6 cm³/mol. The first-order valence-corrected chi connectivity index (χ1v) is 5.64. The van der Waals surface area contributed by atoms with Crippen LogP contribution in [-0.2, 0) is 4.74 Å². The zero-order valence-electron chi connectivity index (χ0n) is 11.5. The summed E-state index contributed by atoms with van der Waals surface area (Å²) in [4.78, 5) is 0. The van der Waals surface area contributed by atoms with E-state index < -0.39 is 30.7 Å². The first-order chi connectivity index (χ1) is 8.97. The fourth-order valence-corrected chi connectivity index (χ4v) is 1.03. The molecule has 1 saturated heterocycles. The van der Waals surface area contributed by atoms with Crippen LogP contribution in [0.5, 0.6) is 0 Å². The number of aliphatic hydroxyl groups is 5. The number of ether oxygens (including phenoxy) is 1. The molecule has 0 spiro atoms. The normalized spacial score (nSPS) is 32.0. The SMILES string of the molecule is C=C(C)[O-].C=C(C)[O-].OCC1(O)OC[C@@H](O)[C@@H](O)[C@@H]1O. The maximum atomic E-state index is 9.33. The topological polar surface area (TPSA) is 156 Å². The molecule has 1 aliphatic heterocycles. The summed E-state index contributed by atoms with van der Waals surface area (Å²) in [5, 5.41) is 63.6. The van der Waals surface area contributed by atoms with Crippen molar-refractivity contribution in [2.24, 2.45) is 0 Å². The lowest BCUT2D eigenvalue weighted by atomic mass is 9.98. The maximum absolute atomic E-state index is 9.33. The molecule has 120 valence electrons. The number of hydrogen-bond donors (Lipinski definition) is 5. The van der Waals surface area contributed by atoms with Gasteiger partial charge in [0.1, 0.15) is 18.3 Å². The van der Waals surface area contributed by atoms with Crippen molar-refractivity contribution < 1.29 is 40.5 Å². The number of hydrogen-bond acceptors (Lipinski definition) is 8. The van der Waals surface area contributed by atoms with Gasteiger partial charge in [0.15, 0.2) is 0 Å². The van der Waals surface area contributed by atoms with Crippen LogP contribution in [-0.4, -0.2) is 62.8 Å². The Morgan fingerprint density at radius 1 is 1.20 bits per heavy atom. The van der Waals surface area contributed by atoms with E-state index in [1.54, 1.807) is 0 Å². The van der Waals surface area contributed by atoms with Gasteiger partial charge in [0.25, 0.3) is 0 Å². The summed E-state index contributed by atoms with van der Waals surface area (Å²) in [6, 6.07) is 0. The third-order valence-electron chi connectivity index (χ3n) is 1.91. The zero-order valence-corrected chi connectivity index (χ0v) is 11.5. The fraction of sp³-hybridized carbons (Fsp3) is 0.667. The smallest absolute Gasteiger partial charge is 0.218 e. The highest BCUT2D eigenvalue weighted by molar-refractivity contribution is 4.90. The number of aliphatic hydroxyl groups excluding tert-OH is 4. The van der Waals surface area contributed by atoms with Gasteiger partial charge in [-0.15, -0.1) is 24.7 Å². The zero-order chi connectivity index (χ0) is 16.5. The second-order valence-corrected chi connectivity index (χ2v) is 4.22. The highest BCUT2D eigenvalue weighted by Gasteiger charge is 2.47. The lowest BCUT2D eigenvalue weighted by Gasteiger charge is -2.40. The van der Waals surface area contributed by atoms with E-state index >= 15 is 0 Å². The third-order valence-corrected chi connectivity index (χ3v) is 1.91. The Hall–Kier alpha value is -1.16. The van der Waals surface area contributed by atoms with Crippen LogP contribution >= 0.6 is 0 Å².